The summed E-state index contributed by atoms with van der Waals surface area (Å²) in [6.07, 6.45) is 5.29. The zero-order valence-electron chi connectivity index (χ0n) is 10.9. The van der Waals surface area contributed by atoms with Gasteiger partial charge in [0.05, 0.1) is 11.2 Å². The molecule has 0 spiro atoms. The van der Waals surface area contributed by atoms with Crippen LogP contribution in [-0.2, 0) is 9.31 Å². The van der Waals surface area contributed by atoms with Crippen molar-refractivity contribution in [2.24, 2.45) is 0 Å². The van der Waals surface area contributed by atoms with Crippen molar-refractivity contribution >= 4 is 18.7 Å². The summed E-state index contributed by atoms with van der Waals surface area (Å²) in [5.74, 6) is 0. The van der Waals surface area contributed by atoms with Gasteiger partial charge in [-0.2, -0.15) is 0 Å². The molecule has 2 heterocycles. The molecule has 1 aliphatic heterocycles. The minimum atomic E-state index is -0.351. The fourth-order valence-electron chi connectivity index (χ4n) is 1.77. The Labute approximate surface area is 103 Å². The molecule has 0 bridgehead atoms. The minimum absolute atomic E-state index is 0.320. The van der Waals surface area contributed by atoms with Gasteiger partial charge in [0.1, 0.15) is 0 Å². The van der Waals surface area contributed by atoms with E-state index in [-0.39, 0.29) is 18.3 Å². The van der Waals surface area contributed by atoms with Gasteiger partial charge in [0, 0.05) is 12.4 Å². The van der Waals surface area contributed by atoms with Gasteiger partial charge >= 0.3 is 7.12 Å². The highest BCUT2D eigenvalue weighted by Crippen LogP contribution is 2.36. The monoisotopic (exact) mass is 231 g/mol. The highest BCUT2D eigenvalue weighted by molar-refractivity contribution is 6.63. The quantitative estimate of drug-likeness (QED) is 0.729. The lowest BCUT2D eigenvalue weighted by atomic mass is 9.77. The van der Waals surface area contributed by atoms with E-state index in [4.69, 9.17) is 9.31 Å². The Kier molecular flexibility index (Phi) is 2.88. The van der Waals surface area contributed by atoms with Gasteiger partial charge in [0.25, 0.3) is 0 Å². The molecule has 0 radical (unpaired) electrons. The van der Waals surface area contributed by atoms with E-state index in [0.29, 0.717) is 0 Å². The molecule has 0 aliphatic carbocycles. The first-order chi connectivity index (χ1) is 7.87. The van der Waals surface area contributed by atoms with Crippen molar-refractivity contribution < 1.29 is 9.31 Å². The normalized spacial score (nSPS) is 21.5. The first-order valence-corrected chi connectivity index (χ1v) is 5.79. The van der Waals surface area contributed by atoms with E-state index < -0.39 is 0 Å². The molecule has 17 heavy (non-hydrogen) atoms. The fraction of sp³-hybridized carbons (Fsp3) is 0.462. The molecule has 4 heteroatoms. The van der Waals surface area contributed by atoms with Crippen LogP contribution in [0.5, 0.6) is 0 Å². The molecule has 3 nitrogen and oxygen atoms in total. The molecule has 1 fully saturated rings. The average Bonchev–Trinajstić information content (AvgIpc) is 2.48. The molecule has 0 saturated carbocycles. The van der Waals surface area contributed by atoms with E-state index in [0.717, 1.165) is 11.0 Å². The zero-order chi connectivity index (χ0) is 12.7. The van der Waals surface area contributed by atoms with Crippen molar-refractivity contribution in [2.45, 2.75) is 38.9 Å². The van der Waals surface area contributed by atoms with Crippen LogP contribution in [0.15, 0.2) is 25.0 Å². The van der Waals surface area contributed by atoms with Gasteiger partial charge in [0.15, 0.2) is 0 Å². The zero-order valence-corrected chi connectivity index (χ0v) is 10.9. The molecule has 90 valence electrons. The van der Waals surface area contributed by atoms with Gasteiger partial charge in [0.2, 0.25) is 0 Å². The van der Waals surface area contributed by atoms with Gasteiger partial charge in [-0.15, -0.1) is 0 Å². The predicted molar refractivity (Wildman–Crippen MR) is 70.0 cm³/mol. The molecule has 0 unspecified atom stereocenters. The lowest BCUT2D eigenvalue weighted by Crippen LogP contribution is -2.41. The molecule has 1 aromatic rings. The molecule has 1 aliphatic rings. The Balaban J connectivity index is 2.35. The Morgan fingerprint density at radius 2 is 1.82 bits per heavy atom. The number of hydrogen-bond acceptors (Lipinski definition) is 3. The Morgan fingerprint density at radius 1 is 1.24 bits per heavy atom. The van der Waals surface area contributed by atoms with Crippen LogP contribution in [0, 0.1) is 0 Å². The number of aromatic nitrogens is 1. The van der Waals surface area contributed by atoms with Crippen molar-refractivity contribution in [1.29, 1.82) is 0 Å². The van der Waals surface area contributed by atoms with Crippen LogP contribution in [0.4, 0.5) is 0 Å². The van der Waals surface area contributed by atoms with E-state index in [1.165, 1.54) is 0 Å². The number of pyridine rings is 1. The molecule has 1 saturated heterocycles. The molecule has 0 N–H and O–H groups in total. The molecule has 0 aromatic carbocycles. The van der Waals surface area contributed by atoms with E-state index in [9.17, 15) is 0 Å². The van der Waals surface area contributed by atoms with Crippen LogP contribution in [0.2, 0.25) is 0 Å². The predicted octanol–water partition coefficient (Wildman–Crippen LogP) is 2.02. The van der Waals surface area contributed by atoms with E-state index in [1.807, 2.05) is 33.8 Å². The second kappa shape index (κ2) is 3.96. The standard InChI is InChI=1S/C13H18BNO2/c1-6-10-9-15-8-7-11(10)14-16-12(2,3)13(4,5)17-14/h6-9H,1H2,2-5H3. The summed E-state index contributed by atoms with van der Waals surface area (Å²) in [7, 11) is -0.351. The maximum absolute atomic E-state index is 5.99. The van der Waals surface area contributed by atoms with Crippen LogP contribution < -0.4 is 5.46 Å². The Bertz CT molecular complexity index is 427. The molecule has 0 amide bonds. The lowest BCUT2D eigenvalue weighted by molar-refractivity contribution is 0.00578. The van der Waals surface area contributed by atoms with Gasteiger partial charge in [-0.25, -0.2) is 0 Å². The third kappa shape index (κ3) is 2.03. The SMILES string of the molecule is C=Cc1cnccc1B1OC(C)(C)C(C)(C)O1. The van der Waals surface area contributed by atoms with E-state index in [1.54, 1.807) is 18.5 Å². The Morgan fingerprint density at radius 3 is 2.35 bits per heavy atom. The summed E-state index contributed by atoms with van der Waals surface area (Å²) in [6, 6.07) is 1.92. The van der Waals surface area contributed by atoms with Crippen LogP contribution in [0.3, 0.4) is 0 Å². The fourth-order valence-corrected chi connectivity index (χ4v) is 1.77. The largest absolute Gasteiger partial charge is 0.495 e. The topological polar surface area (TPSA) is 31.4 Å². The minimum Gasteiger partial charge on any atom is -0.399 e. The summed E-state index contributed by atoms with van der Waals surface area (Å²) in [5.41, 5.74) is 1.29. The smallest absolute Gasteiger partial charge is 0.399 e. The summed E-state index contributed by atoms with van der Waals surface area (Å²) < 4.78 is 12.0. The van der Waals surface area contributed by atoms with Crippen LogP contribution in [-0.4, -0.2) is 23.3 Å². The molecule has 0 atom stereocenters. The highest BCUT2D eigenvalue weighted by Gasteiger charge is 2.52. The maximum atomic E-state index is 5.99. The lowest BCUT2D eigenvalue weighted by Gasteiger charge is -2.32. The summed E-state index contributed by atoms with van der Waals surface area (Å²) in [6.45, 7) is 12.0. The summed E-state index contributed by atoms with van der Waals surface area (Å²) in [4.78, 5) is 4.08. The van der Waals surface area contributed by atoms with Crippen molar-refractivity contribution in [1.82, 2.24) is 4.98 Å². The van der Waals surface area contributed by atoms with Gasteiger partial charge < -0.3 is 9.31 Å². The van der Waals surface area contributed by atoms with Crippen molar-refractivity contribution in [3.05, 3.63) is 30.6 Å². The summed E-state index contributed by atoms with van der Waals surface area (Å²) in [5, 5.41) is 0. The average molecular weight is 231 g/mol. The Hall–Kier alpha value is -1.13. The van der Waals surface area contributed by atoms with E-state index >= 15 is 0 Å². The van der Waals surface area contributed by atoms with Gasteiger partial charge in [-0.1, -0.05) is 12.7 Å². The third-order valence-electron chi connectivity index (χ3n) is 3.61. The number of nitrogens with zero attached hydrogens (tertiary/aromatic N) is 1. The van der Waals surface area contributed by atoms with E-state index in [2.05, 4.69) is 11.6 Å². The second-order valence-electron chi connectivity index (χ2n) is 5.30. The van der Waals surface area contributed by atoms with Crippen LogP contribution in [0.1, 0.15) is 33.3 Å². The summed E-state index contributed by atoms with van der Waals surface area (Å²) >= 11 is 0. The maximum Gasteiger partial charge on any atom is 0.495 e. The number of rotatable bonds is 2. The van der Waals surface area contributed by atoms with Crippen molar-refractivity contribution in [2.75, 3.05) is 0 Å². The van der Waals surface area contributed by atoms with Gasteiger partial charge in [-0.3, -0.25) is 4.98 Å². The highest BCUT2D eigenvalue weighted by atomic mass is 16.7. The molecule has 1 aromatic heterocycles. The van der Waals surface area contributed by atoms with Gasteiger partial charge in [-0.05, 0) is 44.8 Å². The van der Waals surface area contributed by atoms with Crippen molar-refractivity contribution in [3.63, 3.8) is 0 Å². The number of hydrogen-bond donors (Lipinski definition) is 0. The third-order valence-corrected chi connectivity index (χ3v) is 3.61. The molecule has 2 rings (SSSR count). The second-order valence-corrected chi connectivity index (χ2v) is 5.30. The molecular weight excluding hydrogens is 213 g/mol. The molecular formula is C13H18BNO2. The van der Waals surface area contributed by atoms with Crippen LogP contribution in [0.25, 0.3) is 6.08 Å². The first kappa shape index (κ1) is 12.3. The first-order valence-electron chi connectivity index (χ1n) is 5.79. The van der Waals surface area contributed by atoms with Crippen LogP contribution >= 0.6 is 0 Å². The van der Waals surface area contributed by atoms with Crippen molar-refractivity contribution in [3.8, 4) is 0 Å².